The Balaban J connectivity index is 2.24. The third kappa shape index (κ3) is 23.4. The summed E-state index contributed by atoms with van der Waals surface area (Å²) in [6.45, 7) is -0.729. The van der Waals surface area contributed by atoms with Gasteiger partial charge in [0, 0.05) is 31.2 Å². The normalized spacial score (nSPS) is 15.2. The first-order valence-corrected chi connectivity index (χ1v) is 24.3. The van der Waals surface area contributed by atoms with Crippen LogP contribution in [0.2, 0.25) is 0 Å². The molecule has 10 amide bonds. The fourth-order valence-corrected chi connectivity index (χ4v) is 7.06. The van der Waals surface area contributed by atoms with Crippen molar-refractivity contribution in [2.24, 2.45) is 17.2 Å². The smallest absolute Gasteiger partial charge is 0.326 e. The lowest BCUT2D eigenvalue weighted by molar-refractivity contribution is -0.144. The molecular weight excluding hydrogens is 1040 g/mol. The lowest BCUT2D eigenvalue weighted by Crippen LogP contribution is -2.63. The summed E-state index contributed by atoms with van der Waals surface area (Å²) in [7, 11) is 0. The van der Waals surface area contributed by atoms with E-state index in [1.165, 1.54) is 12.5 Å². The molecule has 0 aliphatic heterocycles. The number of carbonyl (C=O) groups is 12. The first-order chi connectivity index (χ1) is 36.8. The quantitative estimate of drug-likeness (QED) is 0.0282. The Bertz CT molecular complexity index is 2360. The summed E-state index contributed by atoms with van der Waals surface area (Å²) in [4.78, 5) is 162. The molecule has 0 aliphatic rings. The van der Waals surface area contributed by atoms with Crippen molar-refractivity contribution >= 4 is 71.0 Å². The zero-order valence-electron chi connectivity index (χ0n) is 42.6. The predicted molar refractivity (Wildman–Crippen MR) is 268 cm³/mol. The molecule has 0 radical (unpaired) electrons. The average molecular weight is 1110 g/mol. The van der Waals surface area contributed by atoms with Crippen molar-refractivity contribution in [1.29, 1.82) is 0 Å². The van der Waals surface area contributed by atoms with Gasteiger partial charge in [0.15, 0.2) is 0 Å². The molecule has 0 spiro atoms. The van der Waals surface area contributed by atoms with Gasteiger partial charge in [-0.2, -0.15) is 0 Å². The zero-order valence-corrected chi connectivity index (χ0v) is 42.6. The summed E-state index contributed by atoms with van der Waals surface area (Å²) >= 11 is 0. The van der Waals surface area contributed by atoms with Crippen LogP contribution in [0.25, 0.3) is 0 Å². The number of amides is 10. The van der Waals surface area contributed by atoms with Crippen LogP contribution in [-0.4, -0.2) is 205 Å². The number of benzene rings is 1. The van der Waals surface area contributed by atoms with Crippen molar-refractivity contribution in [3.8, 4) is 0 Å². The number of carboxylic acids is 2. The van der Waals surface area contributed by atoms with Gasteiger partial charge in [0.1, 0.15) is 48.3 Å². The second kappa shape index (κ2) is 33.8. The number of unbranched alkanes of at least 4 members (excludes halogenated alkanes) is 1. The van der Waals surface area contributed by atoms with Crippen LogP contribution in [0.1, 0.15) is 63.6 Å². The highest BCUT2D eigenvalue weighted by Crippen LogP contribution is 2.09. The van der Waals surface area contributed by atoms with E-state index in [2.05, 4.69) is 52.5 Å². The average Bonchev–Trinajstić information content (AvgIpc) is 3.90. The fraction of sp³-hybridized carbons (Fsp3) is 0.543. The molecule has 0 saturated carbocycles. The Labute approximate surface area is 445 Å². The predicted octanol–water partition coefficient (Wildman–Crippen LogP) is -8.78. The van der Waals surface area contributed by atoms with E-state index in [9.17, 15) is 88.2 Å². The van der Waals surface area contributed by atoms with E-state index in [4.69, 9.17) is 17.2 Å². The van der Waals surface area contributed by atoms with Crippen molar-refractivity contribution in [2.75, 3.05) is 26.3 Å². The molecule has 1 aromatic heterocycles. The fourth-order valence-electron chi connectivity index (χ4n) is 7.06. The largest absolute Gasteiger partial charge is 0.481 e. The number of aliphatic carboxylic acids is 2. The maximum absolute atomic E-state index is 14.0. The van der Waals surface area contributed by atoms with Gasteiger partial charge in [-0.3, -0.25) is 52.7 Å². The van der Waals surface area contributed by atoms with E-state index in [0.29, 0.717) is 17.7 Å². The van der Waals surface area contributed by atoms with Gasteiger partial charge in [-0.15, -0.1) is 0 Å². The molecule has 432 valence electrons. The van der Waals surface area contributed by atoms with E-state index >= 15 is 0 Å². The molecule has 32 nitrogen and oxygen atoms in total. The Hall–Kier alpha value is -8.17. The van der Waals surface area contributed by atoms with Crippen LogP contribution in [0, 0.1) is 0 Å². The number of imidazole rings is 1. The molecule has 0 bridgehead atoms. The van der Waals surface area contributed by atoms with Crippen molar-refractivity contribution in [3.63, 3.8) is 0 Å². The van der Waals surface area contributed by atoms with Crippen molar-refractivity contribution in [2.45, 2.75) is 132 Å². The summed E-state index contributed by atoms with van der Waals surface area (Å²) in [5.74, 6) is -14.4. The number of hydrogen-bond acceptors (Lipinski definition) is 19. The van der Waals surface area contributed by atoms with E-state index in [-0.39, 0.29) is 32.2 Å². The second-order valence-electron chi connectivity index (χ2n) is 17.8. The number of primary amides is 1. The van der Waals surface area contributed by atoms with Crippen molar-refractivity contribution in [3.05, 3.63) is 54.1 Å². The number of hydrogen-bond donors (Lipinski definition) is 19. The van der Waals surface area contributed by atoms with Crippen LogP contribution in [0.5, 0.6) is 0 Å². The molecule has 1 heterocycles. The first kappa shape index (κ1) is 65.9. The highest BCUT2D eigenvalue weighted by Gasteiger charge is 2.37. The molecule has 0 unspecified atom stereocenters. The number of aromatic nitrogens is 2. The van der Waals surface area contributed by atoms with Gasteiger partial charge in [0.25, 0.3) is 0 Å². The van der Waals surface area contributed by atoms with Crippen LogP contribution < -0.4 is 65.1 Å². The van der Waals surface area contributed by atoms with Crippen LogP contribution in [0.15, 0.2) is 42.9 Å². The maximum atomic E-state index is 14.0. The van der Waals surface area contributed by atoms with Crippen LogP contribution in [-0.2, 0) is 70.4 Å². The Morgan fingerprint density at radius 2 is 1.12 bits per heavy atom. The minimum atomic E-state index is -1.97. The number of rotatable bonds is 36. The standard InChI is InChI=1S/C46H70N14O18/c1-22(63)36(59-34(66)18-51-39(70)27(11-12-33(49)65)53-42(73)31(19-61)57-38(69)26(48)15-25-17-50-21-52-25)44(75)56-29(14-24-8-4-3-5-9-24)41(72)60-37(23(2)64)45(76)58-32(20-62)43(74)55-30(16-35(67)68)40(71)54-28(46(77)78)10-6-7-13-47/h3-5,8-9,17,21-23,26-32,36-37,61-64H,6-7,10-16,18-20,47-48H2,1-2H3,(H2,49,65)(H,50,52)(H,51,70)(H,53,73)(H,54,71)(H,55,74)(H,56,75)(H,57,69)(H,58,76)(H,59,66)(H,60,72)(H,67,68)(H,77,78)/t22-,23-,26+,27+,28+,29+,30+,31+,32+,36+,37+/m1/s1. The number of aromatic amines is 1. The lowest BCUT2D eigenvalue weighted by atomic mass is 10.0. The molecule has 32 heteroatoms. The van der Waals surface area contributed by atoms with Gasteiger partial charge < -0.3 is 101 Å². The zero-order chi connectivity index (χ0) is 58.6. The van der Waals surface area contributed by atoms with E-state index in [1.54, 1.807) is 30.3 Å². The van der Waals surface area contributed by atoms with Crippen molar-refractivity contribution in [1.82, 2.24) is 57.8 Å². The van der Waals surface area contributed by atoms with Crippen LogP contribution in [0.3, 0.4) is 0 Å². The number of carbonyl (C=O) groups excluding carboxylic acids is 10. The molecule has 0 aliphatic carbocycles. The molecule has 1 aromatic carbocycles. The maximum Gasteiger partial charge on any atom is 0.326 e. The Morgan fingerprint density at radius 3 is 1.63 bits per heavy atom. The molecule has 0 fully saturated rings. The third-order valence-corrected chi connectivity index (χ3v) is 11.3. The summed E-state index contributed by atoms with van der Waals surface area (Å²) in [5, 5.41) is 79.9. The van der Waals surface area contributed by atoms with Crippen molar-refractivity contribution < 1.29 is 88.2 Å². The van der Waals surface area contributed by atoms with Gasteiger partial charge in [-0.05, 0) is 51.6 Å². The third-order valence-electron chi connectivity index (χ3n) is 11.3. The Kier molecular flexibility index (Phi) is 28.6. The van der Waals surface area contributed by atoms with Gasteiger partial charge >= 0.3 is 11.9 Å². The Morgan fingerprint density at radius 1 is 0.603 bits per heavy atom. The molecule has 78 heavy (non-hydrogen) atoms. The van der Waals surface area contributed by atoms with Crippen LogP contribution >= 0.6 is 0 Å². The van der Waals surface area contributed by atoms with Gasteiger partial charge in [-0.25, -0.2) is 9.78 Å². The number of nitrogens with zero attached hydrogens (tertiary/aromatic N) is 1. The first-order valence-electron chi connectivity index (χ1n) is 24.3. The summed E-state index contributed by atoms with van der Waals surface area (Å²) < 4.78 is 0. The minimum Gasteiger partial charge on any atom is -0.481 e. The number of aliphatic hydroxyl groups is 4. The highest BCUT2D eigenvalue weighted by molar-refractivity contribution is 5.99. The molecular formula is C46H70N14O18. The van der Waals surface area contributed by atoms with Gasteiger partial charge in [-0.1, -0.05) is 30.3 Å². The van der Waals surface area contributed by atoms with Crippen LogP contribution in [0.4, 0.5) is 0 Å². The number of H-pyrrole nitrogens is 1. The molecule has 22 N–H and O–H groups in total. The molecule has 2 aromatic rings. The second-order valence-corrected chi connectivity index (χ2v) is 17.8. The summed E-state index contributed by atoms with van der Waals surface area (Å²) in [6, 6.07) is -7.43. The molecule has 0 saturated heterocycles. The number of aliphatic hydroxyl groups excluding tert-OH is 4. The summed E-state index contributed by atoms with van der Waals surface area (Å²) in [6.07, 6.45) is -2.44. The van der Waals surface area contributed by atoms with E-state index < -0.39 is 177 Å². The van der Waals surface area contributed by atoms with E-state index in [1.807, 2.05) is 5.32 Å². The van der Waals surface area contributed by atoms with E-state index in [0.717, 1.165) is 13.8 Å². The molecule has 11 atom stereocenters. The molecule has 2 rings (SSSR count). The number of nitrogens with two attached hydrogens (primary N) is 3. The summed E-state index contributed by atoms with van der Waals surface area (Å²) in [5.41, 5.74) is 17.5. The van der Waals surface area contributed by atoms with Gasteiger partial charge in [0.05, 0.1) is 50.8 Å². The monoisotopic (exact) mass is 1110 g/mol. The number of nitrogens with one attached hydrogen (secondary N) is 10. The highest BCUT2D eigenvalue weighted by atomic mass is 16.4. The topological polar surface area (TPSA) is 541 Å². The SMILES string of the molecule is C[C@@H](O)[C@H](NC(=O)CNC(=O)[C@H](CCC(N)=O)NC(=O)[C@H](CO)NC(=O)[C@@H](N)Cc1cnc[nH]1)C(=O)N[C@@H](Cc1ccccc1)C(=O)N[C@H](C(=O)N[C@@H](CO)C(=O)N[C@@H](CC(=O)O)C(=O)N[C@@H](CCCCN)C(=O)O)[C@@H](C)O. The van der Waals surface area contributed by atoms with Gasteiger partial charge in [0.2, 0.25) is 59.1 Å². The number of carboxylic acid groups (broad SMARTS) is 2. The lowest BCUT2D eigenvalue weighted by Gasteiger charge is -2.28. The minimum absolute atomic E-state index is 0.0198.